The first-order valence-corrected chi connectivity index (χ1v) is 29.3. The first-order chi connectivity index (χ1) is 33.1. The lowest BCUT2D eigenvalue weighted by Gasteiger charge is -2.24. The maximum Gasteiger partial charge on any atom is 0.308 e. The second kappa shape index (κ2) is 45.4. The fourth-order valence-electron chi connectivity index (χ4n) is 4.78. The molecule has 0 aliphatic carbocycles. The molecule has 1 aromatic carbocycles. The van der Waals surface area contributed by atoms with Gasteiger partial charge in [0.05, 0.1) is 25.7 Å². The molecule has 1 aromatic rings. The number of azide groups is 1. The molecule has 0 radical (unpaired) electrons. The van der Waals surface area contributed by atoms with E-state index >= 15 is 0 Å². The number of hydrogen-bond donors (Lipinski definition) is 4. The molecule has 0 saturated heterocycles. The topological polar surface area (TPSA) is 221 Å². The van der Waals surface area contributed by atoms with Crippen LogP contribution in [-0.4, -0.2) is 143 Å². The van der Waals surface area contributed by atoms with Crippen LogP contribution in [0.1, 0.15) is 127 Å². The normalized spacial score (nSPS) is 11.8. The molecule has 4 N–H and O–H groups in total. The predicted molar refractivity (Wildman–Crippen MR) is 294 cm³/mol. The Labute approximate surface area is 437 Å². The van der Waals surface area contributed by atoms with Crippen molar-refractivity contribution >= 4 is 66.6 Å². The van der Waals surface area contributed by atoms with Crippen molar-refractivity contribution in [2.45, 2.75) is 145 Å². The summed E-state index contributed by atoms with van der Waals surface area (Å²) in [6, 6.07) is 8.13. The molecule has 1 unspecified atom stereocenters. The molecule has 1 atom stereocenters. The number of esters is 1. The van der Waals surface area contributed by atoms with Gasteiger partial charge in [0.1, 0.15) is 43.2 Å². The van der Waals surface area contributed by atoms with Crippen LogP contribution in [0.25, 0.3) is 10.4 Å². The third-order valence-corrected chi connectivity index (χ3v) is 14.0. The van der Waals surface area contributed by atoms with E-state index in [-0.39, 0.29) is 66.6 Å². The van der Waals surface area contributed by atoms with Gasteiger partial charge in [0.15, 0.2) is 12.0 Å². The van der Waals surface area contributed by atoms with E-state index < -0.39 is 6.23 Å². The molecule has 0 aliphatic heterocycles. The number of hydrogen-bond acceptors (Lipinski definition) is 18. The minimum absolute atomic E-state index is 0.00929. The van der Waals surface area contributed by atoms with E-state index in [0.29, 0.717) is 73.9 Å². The van der Waals surface area contributed by atoms with Crippen molar-refractivity contribution in [3.05, 3.63) is 40.3 Å². The van der Waals surface area contributed by atoms with Crippen LogP contribution in [0.5, 0.6) is 5.75 Å². The zero-order valence-corrected chi connectivity index (χ0v) is 48.2. The van der Waals surface area contributed by atoms with Crippen molar-refractivity contribution in [2.24, 2.45) is 22.9 Å². The molecule has 0 fully saturated rings. The van der Waals surface area contributed by atoms with E-state index in [9.17, 15) is 19.2 Å². The molecule has 21 heteroatoms. The van der Waals surface area contributed by atoms with Gasteiger partial charge in [0.2, 0.25) is 0 Å². The number of unbranched alkanes of at least 4 members (excludes halogenated alkanes) is 1. The van der Waals surface area contributed by atoms with Crippen molar-refractivity contribution in [3.63, 3.8) is 0 Å². The fourth-order valence-corrected chi connectivity index (χ4v) is 8.54. The van der Waals surface area contributed by atoms with E-state index in [4.69, 9.17) is 34.0 Å². The second-order valence-electron chi connectivity index (χ2n) is 18.4. The number of ether oxygens (including phenoxy) is 6. The summed E-state index contributed by atoms with van der Waals surface area (Å²) in [6.07, 6.45) is 1.77. The minimum Gasteiger partial charge on any atom is -0.491 e. The Morgan fingerprint density at radius 2 is 1.33 bits per heavy atom. The van der Waals surface area contributed by atoms with Gasteiger partial charge in [-0.2, -0.15) is 0 Å². The van der Waals surface area contributed by atoms with E-state index in [1.54, 1.807) is 59.7 Å². The Hall–Kier alpha value is -2.27. The van der Waals surface area contributed by atoms with E-state index in [0.717, 1.165) is 44.2 Å². The standard InChI is InChI=1S/C21H33N5O5.C14H29NO3S2.C14H29NO2S2/c1-15(2)19(27)13-29-10-11-30-20(25-26-22)14-31-18-7-5-6-17(12-18)21(28)24-9-8-23-16(3)4;1-11(2)13(16)18-8-7-17-10-19-20-14(5,6)9-15-12(3)4;1-12(2)14(16)7-5-6-9-17-11-19-18-10-8-15-13(3)4/h5-7,12,15-16,20,23H,8-11,13-14H2,1-4H3,(H,24,28);11-12,15H,7-10H2,1-6H3;12-13,15H,5-11H2,1-4H3. The van der Waals surface area contributed by atoms with Crippen LogP contribution >= 0.6 is 43.2 Å². The highest BCUT2D eigenvalue weighted by Gasteiger charge is 2.19. The third kappa shape index (κ3) is 45.6. The Morgan fingerprint density at radius 3 is 1.96 bits per heavy atom. The monoisotopic (exact) mass is 1070 g/mol. The lowest BCUT2D eigenvalue weighted by molar-refractivity contribution is -0.148. The molecule has 0 saturated carbocycles. The summed E-state index contributed by atoms with van der Waals surface area (Å²) < 4.78 is 32.4. The summed E-state index contributed by atoms with van der Waals surface area (Å²) in [6.45, 7) is 33.4. The summed E-state index contributed by atoms with van der Waals surface area (Å²) in [4.78, 5) is 49.1. The highest BCUT2D eigenvalue weighted by molar-refractivity contribution is 8.77. The summed E-state index contributed by atoms with van der Waals surface area (Å²) in [5.41, 5.74) is 9.18. The van der Waals surface area contributed by atoms with E-state index in [2.05, 4.69) is 72.8 Å². The molecule has 406 valence electrons. The van der Waals surface area contributed by atoms with Gasteiger partial charge in [-0.3, -0.25) is 19.2 Å². The molecule has 1 amide bonds. The van der Waals surface area contributed by atoms with E-state index in [1.165, 1.54) is 0 Å². The van der Waals surface area contributed by atoms with Crippen LogP contribution < -0.4 is 26.0 Å². The van der Waals surface area contributed by atoms with Gasteiger partial charge in [0, 0.05) is 90.1 Å². The molecular formula is C49H91N7O10S4. The van der Waals surface area contributed by atoms with Crippen molar-refractivity contribution in [1.82, 2.24) is 21.3 Å². The van der Waals surface area contributed by atoms with Crippen molar-refractivity contribution in [1.29, 1.82) is 0 Å². The van der Waals surface area contributed by atoms with Crippen molar-refractivity contribution in [3.8, 4) is 5.75 Å². The molecule has 0 heterocycles. The van der Waals surface area contributed by atoms with Crippen LogP contribution in [-0.2, 0) is 38.1 Å². The second-order valence-corrected chi connectivity index (χ2v) is 23.9. The average molecular weight is 1070 g/mol. The van der Waals surface area contributed by atoms with Crippen molar-refractivity contribution < 1.29 is 47.6 Å². The lowest BCUT2D eigenvalue weighted by Crippen LogP contribution is -2.35. The van der Waals surface area contributed by atoms with Gasteiger partial charge in [-0.15, -0.1) is 0 Å². The summed E-state index contributed by atoms with van der Waals surface area (Å²) >= 11 is 0. The maximum atomic E-state index is 12.3. The molecule has 70 heavy (non-hydrogen) atoms. The van der Waals surface area contributed by atoms with Crippen LogP contribution in [0.3, 0.4) is 0 Å². The lowest BCUT2D eigenvalue weighted by atomic mass is 10.0. The van der Waals surface area contributed by atoms with Crippen LogP contribution in [0.4, 0.5) is 0 Å². The van der Waals surface area contributed by atoms with Crippen LogP contribution in [0.15, 0.2) is 29.4 Å². The van der Waals surface area contributed by atoms with Gasteiger partial charge in [-0.1, -0.05) is 137 Å². The largest absolute Gasteiger partial charge is 0.491 e. The highest BCUT2D eigenvalue weighted by Crippen LogP contribution is 2.35. The Kier molecular flexibility index (Phi) is 45.2. The number of ketones is 2. The predicted octanol–water partition coefficient (Wildman–Crippen LogP) is 9.74. The maximum absolute atomic E-state index is 12.3. The van der Waals surface area contributed by atoms with Gasteiger partial charge < -0.3 is 49.7 Å². The quantitative estimate of drug-likeness (QED) is 0.00914. The summed E-state index contributed by atoms with van der Waals surface area (Å²) in [7, 11) is 7.11. The van der Waals surface area contributed by atoms with Crippen LogP contribution in [0, 0.1) is 17.8 Å². The number of nitrogens with zero attached hydrogens (tertiary/aromatic N) is 3. The SMILES string of the molecule is CC(C)NCC(C)(C)SSCOCCOC(=O)C(C)C.CC(C)NCCNC(=O)c1cccc(OCC(N=[N+]=[N-])OCCOCC(=O)C(C)C)c1.CC(C)NCCSSCOCCCCC(=O)C(C)C. The first-order valence-electron chi connectivity index (χ1n) is 24.5. The van der Waals surface area contributed by atoms with Crippen LogP contribution in [0.2, 0.25) is 0 Å². The number of benzene rings is 1. The first kappa shape index (κ1) is 69.8. The Morgan fingerprint density at radius 1 is 0.700 bits per heavy atom. The average Bonchev–Trinajstić information content (AvgIpc) is 3.30. The van der Waals surface area contributed by atoms with Gasteiger partial charge in [0.25, 0.3) is 5.91 Å². The van der Waals surface area contributed by atoms with E-state index in [1.807, 2.05) is 63.1 Å². The molecule has 0 aromatic heterocycles. The smallest absolute Gasteiger partial charge is 0.308 e. The number of Topliss-reactive ketones (excluding diaryl/α,β-unsaturated/α-hetero) is 2. The molecule has 1 rings (SSSR count). The number of amides is 1. The zero-order valence-electron chi connectivity index (χ0n) is 44.9. The summed E-state index contributed by atoms with van der Waals surface area (Å²) in [5.74, 6) is 2.92. The molecule has 17 nitrogen and oxygen atoms in total. The number of carbonyl (C=O) groups is 4. The Balaban J connectivity index is 0. The fraction of sp³-hybridized carbons (Fsp3) is 0.796. The molecule has 0 spiro atoms. The number of carbonyl (C=O) groups excluding carboxylic acids is 4. The van der Waals surface area contributed by atoms with Gasteiger partial charge in [-0.25, -0.2) is 0 Å². The number of rotatable bonds is 40. The minimum atomic E-state index is -0.867. The molecule has 0 bridgehead atoms. The number of nitrogens with one attached hydrogen (secondary N) is 4. The molecular weight excluding hydrogens is 975 g/mol. The van der Waals surface area contributed by atoms with Gasteiger partial charge >= 0.3 is 5.97 Å². The van der Waals surface area contributed by atoms with Gasteiger partial charge in [-0.05, 0) is 50.4 Å². The van der Waals surface area contributed by atoms with Crippen molar-refractivity contribution in [2.75, 3.05) is 90.1 Å². The summed E-state index contributed by atoms with van der Waals surface area (Å²) in [5, 5.41) is 16.4. The highest BCUT2D eigenvalue weighted by atomic mass is 33.1. The zero-order chi connectivity index (χ0) is 53.2. The molecule has 0 aliphatic rings. The third-order valence-electron chi connectivity index (χ3n) is 8.91. The Bertz CT molecular complexity index is 1560.